The maximum atomic E-state index is 14.0. The molecule has 0 bridgehead atoms. The van der Waals surface area contributed by atoms with Gasteiger partial charge in [-0.15, -0.1) is 0 Å². The zero-order valence-electron chi connectivity index (χ0n) is 22.3. The molecule has 1 N–H and O–H groups in total. The standard InChI is InChI=1S/C31H32FN3O4/c1-21-18-35(22(2)20-36)31(38)26-15-24(13-14-25-11-7-8-12-27(25)32)17-33-30(26)39-28(21)19-34(3)29(37)16-23-9-5-4-6-10-23/h4-12,15,17,21-22,28,36H,16,18-20H2,1-3H3/t21-,22-,28-/m1/s1. The van der Waals surface area contributed by atoms with Crippen molar-refractivity contribution in [2.45, 2.75) is 32.4 Å². The summed E-state index contributed by atoms with van der Waals surface area (Å²) < 4.78 is 20.3. The Bertz CT molecular complexity index is 1390. The number of ether oxygens (including phenoxy) is 1. The van der Waals surface area contributed by atoms with Crippen molar-refractivity contribution in [2.24, 2.45) is 5.92 Å². The van der Waals surface area contributed by atoms with Gasteiger partial charge in [-0.2, -0.15) is 0 Å². The Balaban J connectivity index is 1.62. The summed E-state index contributed by atoms with van der Waals surface area (Å²) in [6, 6.07) is 16.8. The average molecular weight is 530 g/mol. The second-order valence-corrected chi connectivity index (χ2v) is 9.87. The van der Waals surface area contributed by atoms with E-state index in [0.717, 1.165) is 5.56 Å². The fourth-order valence-electron chi connectivity index (χ4n) is 4.37. The number of aliphatic hydroxyl groups is 1. The lowest BCUT2D eigenvalue weighted by Crippen LogP contribution is -2.50. The van der Waals surface area contributed by atoms with Gasteiger partial charge in [0.05, 0.1) is 31.2 Å². The van der Waals surface area contributed by atoms with Crippen molar-refractivity contribution in [3.05, 3.63) is 94.9 Å². The van der Waals surface area contributed by atoms with E-state index in [1.165, 1.54) is 12.3 Å². The number of amides is 2. The molecule has 202 valence electrons. The van der Waals surface area contributed by atoms with E-state index in [1.54, 1.807) is 48.0 Å². The first-order valence-corrected chi connectivity index (χ1v) is 12.9. The molecule has 0 aliphatic carbocycles. The van der Waals surface area contributed by atoms with Gasteiger partial charge in [-0.3, -0.25) is 9.59 Å². The number of fused-ring (bicyclic) bond motifs is 1. The summed E-state index contributed by atoms with van der Waals surface area (Å²) in [6.07, 6.45) is 1.29. The van der Waals surface area contributed by atoms with E-state index in [4.69, 9.17) is 4.74 Å². The Morgan fingerprint density at radius 1 is 1.21 bits per heavy atom. The van der Waals surface area contributed by atoms with E-state index in [9.17, 15) is 19.1 Å². The van der Waals surface area contributed by atoms with Gasteiger partial charge in [0, 0.05) is 31.3 Å². The SMILES string of the molecule is C[C@@H]1CN([C@H](C)CO)C(=O)c2cc(C#Cc3ccccc3F)cnc2O[C@@H]1CN(C)C(=O)Cc1ccccc1. The van der Waals surface area contributed by atoms with Crippen molar-refractivity contribution in [2.75, 3.05) is 26.7 Å². The number of hydrogen-bond donors (Lipinski definition) is 1. The molecular weight excluding hydrogens is 497 g/mol. The van der Waals surface area contributed by atoms with Crippen molar-refractivity contribution in [3.63, 3.8) is 0 Å². The molecule has 2 aromatic carbocycles. The predicted molar refractivity (Wildman–Crippen MR) is 146 cm³/mol. The predicted octanol–water partition coefficient (Wildman–Crippen LogP) is 3.54. The van der Waals surface area contributed by atoms with Gasteiger partial charge in [0.1, 0.15) is 17.5 Å². The second kappa shape index (κ2) is 12.5. The largest absolute Gasteiger partial charge is 0.472 e. The molecule has 0 saturated carbocycles. The molecule has 0 saturated heterocycles. The lowest BCUT2D eigenvalue weighted by Gasteiger charge is -2.37. The van der Waals surface area contributed by atoms with Crippen LogP contribution >= 0.6 is 0 Å². The van der Waals surface area contributed by atoms with E-state index in [1.807, 2.05) is 37.3 Å². The maximum absolute atomic E-state index is 14.0. The lowest BCUT2D eigenvalue weighted by molar-refractivity contribution is -0.130. The minimum atomic E-state index is -0.460. The van der Waals surface area contributed by atoms with Gasteiger partial charge in [-0.1, -0.05) is 61.2 Å². The van der Waals surface area contributed by atoms with E-state index in [2.05, 4.69) is 16.8 Å². The van der Waals surface area contributed by atoms with Crippen LogP contribution in [-0.2, 0) is 11.2 Å². The fourth-order valence-corrected chi connectivity index (χ4v) is 4.37. The van der Waals surface area contributed by atoms with Crippen molar-refractivity contribution in [3.8, 4) is 17.7 Å². The van der Waals surface area contributed by atoms with Crippen LogP contribution in [-0.4, -0.2) is 70.6 Å². The highest BCUT2D eigenvalue weighted by Gasteiger charge is 2.34. The van der Waals surface area contributed by atoms with E-state index >= 15 is 0 Å². The van der Waals surface area contributed by atoms with Crippen LogP contribution in [0.4, 0.5) is 4.39 Å². The molecule has 3 atom stereocenters. The molecule has 8 heteroatoms. The van der Waals surface area contributed by atoms with E-state index in [-0.39, 0.29) is 47.8 Å². The first-order valence-electron chi connectivity index (χ1n) is 12.9. The van der Waals surface area contributed by atoms with Crippen molar-refractivity contribution in [1.82, 2.24) is 14.8 Å². The second-order valence-electron chi connectivity index (χ2n) is 9.87. The smallest absolute Gasteiger partial charge is 0.259 e. The van der Waals surface area contributed by atoms with Crippen LogP contribution in [0.1, 0.15) is 40.9 Å². The van der Waals surface area contributed by atoms with Crippen molar-refractivity contribution < 1.29 is 23.8 Å². The van der Waals surface area contributed by atoms with Crippen molar-refractivity contribution >= 4 is 11.8 Å². The zero-order chi connectivity index (χ0) is 27.9. The minimum Gasteiger partial charge on any atom is -0.472 e. The number of carbonyl (C=O) groups is 2. The number of pyridine rings is 1. The molecule has 2 heterocycles. The third-order valence-electron chi connectivity index (χ3n) is 6.81. The Morgan fingerprint density at radius 2 is 1.92 bits per heavy atom. The van der Waals surface area contributed by atoms with Gasteiger partial charge in [-0.05, 0) is 30.7 Å². The molecule has 3 aromatic rings. The number of hydrogen-bond acceptors (Lipinski definition) is 5. The Morgan fingerprint density at radius 3 is 2.64 bits per heavy atom. The third-order valence-corrected chi connectivity index (χ3v) is 6.81. The summed E-state index contributed by atoms with van der Waals surface area (Å²) in [7, 11) is 1.73. The maximum Gasteiger partial charge on any atom is 0.259 e. The molecule has 1 aliphatic rings. The number of rotatable bonds is 6. The monoisotopic (exact) mass is 529 g/mol. The minimum absolute atomic E-state index is 0.0531. The number of benzene rings is 2. The van der Waals surface area contributed by atoms with Gasteiger partial charge < -0.3 is 19.6 Å². The summed E-state index contributed by atoms with van der Waals surface area (Å²) in [4.78, 5) is 34.1. The molecular formula is C31H32FN3O4. The van der Waals surface area contributed by atoms with Crippen LogP contribution in [0.5, 0.6) is 5.88 Å². The summed E-state index contributed by atoms with van der Waals surface area (Å²) in [6.45, 7) is 4.11. The molecule has 2 amide bonds. The topological polar surface area (TPSA) is 83.0 Å². The molecule has 39 heavy (non-hydrogen) atoms. The van der Waals surface area contributed by atoms with E-state index in [0.29, 0.717) is 18.7 Å². The van der Waals surface area contributed by atoms with Crippen LogP contribution in [0.2, 0.25) is 0 Å². The molecule has 1 aromatic heterocycles. The quantitative estimate of drug-likeness (QED) is 0.494. The summed E-state index contributed by atoms with van der Waals surface area (Å²) in [5, 5.41) is 9.86. The number of carbonyl (C=O) groups excluding carboxylic acids is 2. The number of likely N-dealkylation sites (N-methyl/N-ethyl adjacent to an activating group) is 1. The molecule has 1 aliphatic heterocycles. The van der Waals surface area contributed by atoms with Crippen molar-refractivity contribution in [1.29, 1.82) is 0 Å². The average Bonchev–Trinajstić information content (AvgIpc) is 2.94. The van der Waals surface area contributed by atoms with Crippen LogP contribution < -0.4 is 4.74 Å². The van der Waals surface area contributed by atoms with Crippen LogP contribution in [0.15, 0.2) is 66.9 Å². The molecule has 0 spiro atoms. The number of nitrogens with zero attached hydrogens (tertiary/aromatic N) is 3. The van der Waals surface area contributed by atoms with Crippen LogP contribution in [0, 0.1) is 23.6 Å². The molecule has 0 fully saturated rings. The highest BCUT2D eigenvalue weighted by Crippen LogP contribution is 2.27. The summed E-state index contributed by atoms with van der Waals surface area (Å²) in [5.74, 6) is 4.80. The third kappa shape index (κ3) is 6.81. The van der Waals surface area contributed by atoms with Crippen LogP contribution in [0.25, 0.3) is 0 Å². The summed E-state index contributed by atoms with van der Waals surface area (Å²) in [5.41, 5.74) is 1.78. The Labute approximate surface area is 228 Å². The normalized spacial score (nSPS) is 17.6. The Kier molecular flexibility index (Phi) is 8.95. The van der Waals surface area contributed by atoms with Gasteiger partial charge in [0.25, 0.3) is 5.91 Å². The zero-order valence-corrected chi connectivity index (χ0v) is 22.3. The lowest BCUT2D eigenvalue weighted by atomic mass is 9.99. The van der Waals surface area contributed by atoms with Gasteiger partial charge in [0.2, 0.25) is 11.8 Å². The first-order chi connectivity index (χ1) is 18.8. The first kappa shape index (κ1) is 27.8. The fraction of sp³-hybridized carbons (Fsp3) is 0.323. The number of halogens is 1. The molecule has 0 radical (unpaired) electrons. The van der Waals surface area contributed by atoms with Gasteiger partial charge >= 0.3 is 0 Å². The van der Waals surface area contributed by atoms with Gasteiger partial charge in [-0.25, -0.2) is 9.37 Å². The number of aromatic nitrogens is 1. The highest BCUT2D eigenvalue weighted by atomic mass is 19.1. The molecule has 0 unspecified atom stereocenters. The molecule has 7 nitrogen and oxygen atoms in total. The summed E-state index contributed by atoms with van der Waals surface area (Å²) >= 11 is 0. The highest BCUT2D eigenvalue weighted by molar-refractivity contribution is 5.97. The van der Waals surface area contributed by atoms with Crippen LogP contribution in [0.3, 0.4) is 0 Å². The number of aliphatic hydroxyl groups excluding tert-OH is 1. The van der Waals surface area contributed by atoms with Gasteiger partial charge in [0.15, 0.2) is 0 Å². The van der Waals surface area contributed by atoms with E-state index < -0.39 is 18.0 Å². The molecule has 4 rings (SSSR count). The Hall–Kier alpha value is -4.22.